The van der Waals surface area contributed by atoms with Crippen molar-refractivity contribution in [3.63, 3.8) is 0 Å². The van der Waals surface area contributed by atoms with E-state index in [1.807, 2.05) is 0 Å². The lowest BCUT2D eigenvalue weighted by atomic mass is 9.86. The van der Waals surface area contributed by atoms with Gasteiger partial charge in [-0.05, 0) is 18.2 Å². The Morgan fingerprint density at radius 1 is 1.24 bits per heavy atom. The molecule has 0 aromatic heterocycles. The zero-order chi connectivity index (χ0) is 15.6. The highest BCUT2D eigenvalue weighted by Gasteiger charge is 2.40. The van der Waals surface area contributed by atoms with Gasteiger partial charge in [0.25, 0.3) is 0 Å². The predicted octanol–water partition coefficient (Wildman–Crippen LogP) is 0.981. The zero-order valence-corrected chi connectivity index (χ0v) is 11.6. The quantitative estimate of drug-likeness (QED) is 0.565. The van der Waals surface area contributed by atoms with E-state index >= 15 is 0 Å². The Bertz CT molecular complexity index is 615. The monoisotopic (exact) mass is 292 g/mol. The standard InChI is InChI=1S/C15H16O6/c1-20-9-3-5-11(13(16)7-9)14(17)12-6-4-10(21-2)8-15(12,18)19/h3-8,12,16,18-19H,1-2H3. The molecular formula is C15H16O6. The summed E-state index contributed by atoms with van der Waals surface area (Å²) < 4.78 is 9.83. The molecule has 0 saturated heterocycles. The Kier molecular flexibility index (Phi) is 4.02. The first-order valence-electron chi connectivity index (χ1n) is 6.20. The van der Waals surface area contributed by atoms with Crippen LogP contribution in [0.2, 0.25) is 0 Å². The summed E-state index contributed by atoms with van der Waals surface area (Å²) in [5.41, 5.74) is -0.0211. The highest BCUT2D eigenvalue weighted by molar-refractivity contribution is 6.02. The summed E-state index contributed by atoms with van der Waals surface area (Å²) in [6.45, 7) is 0. The third-order valence-electron chi connectivity index (χ3n) is 3.25. The second-order valence-corrected chi connectivity index (χ2v) is 4.62. The molecule has 6 heteroatoms. The van der Waals surface area contributed by atoms with E-state index in [0.717, 1.165) is 6.08 Å². The molecule has 3 N–H and O–H groups in total. The van der Waals surface area contributed by atoms with E-state index in [2.05, 4.69) is 0 Å². The highest BCUT2D eigenvalue weighted by atomic mass is 16.5. The van der Waals surface area contributed by atoms with Crippen molar-refractivity contribution in [3.05, 3.63) is 47.7 Å². The van der Waals surface area contributed by atoms with Crippen molar-refractivity contribution >= 4 is 5.78 Å². The van der Waals surface area contributed by atoms with Crippen molar-refractivity contribution < 1.29 is 29.6 Å². The molecule has 0 fully saturated rings. The lowest BCUT2D eigenvalue weighted by molar-refractivity contribution is -0.139. The average molecular weight is 292 g/mol. The van der Waals surface area contributed by atoms with Crippen LogP contribution in [0.4, 0.5) is 0 Å². The number of ether oxygens (including phenoxy) is 2. The molecule has 1 aliphatic carbocycles. The van der Waals surface area contributed by atoms with Crippen molar-refractivity contribution in [1.82, 2.24) is 0 Å². The molecule has 21 heavy (non-hydrogen) atoms. The van der Waals surface area contributed by atoms with Gasteiger partial charge >= 0.3 is 0 Å². The summed E-state index contributed by atoms with van der Waals surface area (Å²) in [5, 5.41) is 29.8. The normalized spacial score (nSPS) is 19.8. The second-order valence-electron chi connectivity index (χ2n) is 4.62. The molecule has 0 spiro atoms. The first-order valence-corrected chi connectivity index (χ1v) is 6.20. The topological polar surface area (TPSA) is 96.2 Å². The number of carbonyl (C=O) groups excluding carboxylic acids is 1. The third-order valence-corrected chi connectivity index (χ3v) is 3.25. The number of aliphatic hydroxyl groups is 2. The van der Waals surface area contributed by atoms with Gasteiger partial charge in [0.1, 0.15) is 17.3 Å². The summed E-state index contributed by atoms with van der Waals surface area (Å²) in [6.07, 6.45) is 3.83. The Labute approximate surface area is 121 Å². The largest absolute Gasteiger partial charge is 0.507 e. The highest BCUT2D eigenvalue weighted by Crippen LogP contribution is 2.32. The minimum Gasteiger partial charge on any atom is -0.507 e. The molecule has 0 saturated carbocycles. The van der Waals surface area contributed by atoms with Crippen LogP contribution < -0.4 is 4.74 Å². The van der Waals surface area contributed by atoms with Gasteiger partial charge in [-0.1, -0.05) is 6.08 Å². The number of Topliss-reactive ketones (excluding diaryl/α,β-unsaturated/α-hetero) is 1. The lowest BCUT2D eigenvalue weighted by Crippen LogP contribution is -2.41. The summed E-state index contributed by atoms with van der Waals surface area (Å²) in [7, 11) is 2.81. The molecule has 0 aliphatic heterocycles. The van der Waals surface area contributed by atoms with Crippen LogP contribution in [0, 0.1) is 5.92 Å². The van der Waals surface area contributed by atoms with Crippen molar-refractivity contribution in [3.8, 4) is 11.5 Å². The van der Waals surface area contributed by atoms with Crippen molar-refractivity contribution in [2.75, 3.05) is 14.2 Å². The van der Waals surface area contributed by atoms with Gasteiger partial charge in [0, 0.05) is 12.1 Å². The molecule has 0 heterocycles. The molecule has 112 valence electrons. The first-order chi connectivity index (χ1) is 9.89. The van der Waals surface area contributed by atoms with Crippen LogP contribution in [-0.4, -0.2) is 41.1 Å². The number of benzene rings is 1. The van der Waals surface area contributed by atoms with Gasteiger partial charge in [0.05, 0.1) is 25.7 Å². The number of phenolic OH excluding ortho intramolecular Hbond substituents is 1. The van der Waals surface area contributed by atoms with Gasteiger partial charge in [0.2, 0.25) is 5.79 Å². The molecule has 0 radical (unpaired) electrons. The number of methoxy groups -OCH3 is 2. The lowest BCUT2D eigenvalue weighted by Gasteiger charge is -2.28. The van der Waals surface area contributed by atoms with E-state index in [4.69, 9.17) is 9.47 Å². The van der Waals surface area contributed by atoms with E-state index < -0.39 is 17.5 Å². The van der Waals surface area contributed by atoms with Crippen molar-refractivity contribution in [2.45, 2.75) is 5.79 Å². The van der Waals surface area contributed by atoms with Gasteiger partial charge in [-0.15, -0.1) is 0 Å². The Morgan fingerprint density at radius 2 is 1.95 bits per heavy atom. The fourth-order valence-electron chi connectivity index (χ4n) is 2.10. The summed E-state index contributed by atoms with van der Waals surface area (Å²) in [4.78, 5) is 12.4. The van der Waals surface area contributed by atoms with Crippen molar-refractivity contribution in [2.24, 2.45) is 5.92 Å². The number of phenols is 1. The van der Waals surface area contributed by atoms with Crippen LogP contribution in [0.3, 0.4) is 0 Å². The minimum absolute atomic E-state index is 0.0211. The van der Waals surface area contributed by atoms with Gasteiger partial charge < -0.3 is 24.8 Å². The Balaban J connectivity index is 2.33. The van der Waals surface area contributed by atoms with Crippen LogP contribution >= 0.6 is 0 Å². The predicted molar refractivity (Wildman–Crippen MR) is 73.9 cm³/mol. The maximum atomic E-state index is 12.4. The van der Waals surface area contributed by atoms with Crippen molar-refractivity contribution in [1.29, 1.82) is 0 Å². The summed E-state index contributed by atoms with van der Waals surface area (Å²) in [6, 6.07) is 4.16. The second kappa shape index (κ2) is 5.59. The number of hydrogen-bond donors (Lipinski definition) is 3. The third kappa shape index (κ3) is 2.91. The van der Waals surface area contributed by atoms with Crippen LogP contribution in [0.25, 0.3) is 0 Å². The fourth-order valence-corrected chi connectivity index (χ4v) is 2.10. The smallest absolute Gasteiger partial charge is 0.200 e. The Hall–Kier alpha value is -2.31. The molecule has 0 bridgehead atoms. The molecule has 1 aliphatic rings. The van der Waals surface area contributed by atoms with E-state index in [1.165, 1.54) is 44.6 Å². The first kappa shape index (κ1) is 15.1. The fraction of sp³-hybridized carbons (Fsp3) is 0.267. The van der Waals surface area contributed by atoms with E-state index in [0.29, 0.717) is 5.75 Å². The van der Waals surface area contributed by atoms with Crippen LogP contribution in [0.5, 0.6) is 11.5 Å². The molecule has 2 rings (SSSR count). The maximum Gasteiger partial charge on any atom is 0.200 e. The van der Waals surface area contributed by atoms with Crippen LogP contribution in [-0.2, 0) is 4.74 Å². The summed E-state index contributed by atoms with van der Waals surface area (Å²) in [5.74, 6) is -3.90. The average Bonchev–Trinajstić information content (AvgIpc) is 2.45. The number of rotatable bonds is 4. The molecular weight excluding hydrogens is 276 g/mol. The number of ketones is 1. The van der Waals surface area contributed by atoms with Gasteiger partial charge in [-0.2, -0.15) is 0 Å². The molecule has 0 amide bonds. The molecule has 1 atom stereocenters. The molecule has 6 nitrogen and oxygen atoms in total. The van der Waals surface area contributed by atoms with Gasteiger partial charge in [-0.3, -0.25) is 4.79 Å². The molecule has 1 aromatic carbocycles. The van der Waals surface area contributed by atoms with Crippen LogP contribution in [0.1, 0.15) is 10.4 Å². The molecule has 1 unspecified atom stereocenters. The Morgan fingerprint density at radius 3 is 2.48 bits per heavy atom. The van der Waals surface area contributed by atoms with Crippen LogP contribution in [0.15, 0.2) is 42.2 Å². The zero-order valence-electron chi connectivity index (χ0n) is 11.6. The number of hydrogen-bond acceptors (Lipinski definition) is 6. The summed E-state index contributed by atoms with van der Waals surface area (Å²) >= 11 is 0. The number of allylic oxidation sites excluding steroid dienone is 1. The number of carbonyl (C=O) groups is 1. The van der Waals surface area contributed by atoms with E-state index in [1.54, 1.807) is 0 Å². The minimum atomic E-state index is -2.39. The maximum absolute atomic E-state index is 12.4. The molecule has 1 aromatic rings. The van der Waals surface area contributed by atoms with E-state index in [9.17, 15) is 20.1 Å². The SMILES string of the molecule is COC1=CC(O)(O)C(C(=O)c2ccc(OC)cc2O)C=C1. The van der Waals surface area contributed by atoms with Gasteiger partial charge in [0.15, 0.2) is 5.78 Å². The number of aromatic hydroxyl groups is 1. The van der Waals surface area contributed by atoms with E-state index in [-0.39, 0.29) is 17.1 Å². The van der Waals surface area contributed by atoms with Gasteiger partial charge in [-0.25, -0.2) is 0 Å².